The quantitative estimate of drug-likeness (QED) is 0.158. The van der Waals surface area contributed by atoms with Gasteiger partial charge in [-0.1, -0.05) is 84.9 Å². The molecule has 0 saturated heterocycles. The summed E-state index contributed by atoms with van der Waals surface area (Å²) in [4.78, 5) is 18.2. The normalized spacial score (nSPS) is 13.2. The maximum Gasteiger partial charge on any atom is 0.150 e. The molecule has 0 N–H and O–H groups in total. The molecule has 214 valence electrons. The van der Waals surface area contributed by atoms with Crippen molar-refractivity contribution >= 4 is 12.4 Å². The largest absolute Gasteiger partial charge is 0.374 e. The molecule has 0 spiro atoms. The van der Waals surface area contributed by atoms with Gasteiger partial charge in [-0.05, 0) is 22.3 Å². The Morgan fingerprint density at radius 3 is 1.38 bits per heavy atom. The Morgan fingerprint density at radius 1 is 0.619 bits per heavy atom. The summed E-state index contributed by atoms with van der Waals surface area (Å²) >= 11 is 0. The van der Waals surface area contributed by atoms with Crippen LogP contribution in [0.1, 0.15) is 46.0 Å². The van der Waals surface area contributed by atoms with Gasteiger partial charge in [0.25, 0.3) is 0 Å². The lowest BCUT2D eigenvalue weighted by molar-refractivity contribution is 0.107. The first-order chi connectivity index (χ1) is 20.7. The maximum atomic E-state index is 6.11. The third kappa shape index (κ3) is 8.19. The van der Waals surface area contributed by atoms with Gasteiger partial charge in [-0.15, -0.1) is 0 Å². The highest BCUT2D eigenvalue weighted by atomic mass is 16.5. The number of rotatable bonds is 14. The first-order valence-corrected chi connectivity index (χ1v) is 14.0. The Bertz CT molecular complexity index is 1440. The van der Waals surface area contributed by atoms with Gasteiger partial charge in [-0.2, -0.15) is 0 Å². The van der Waals surface area contributed by atoms with Gasteiger partial charge in [0.2, 0.25) is 0 Å². The van der Waals surface area contributed by atoms with Crippen molar-refractivity contribution < 1.29 is 9.47 Å². The van der Waals surface area contributed by atoms with Crippen LogP contribution in [0.2, 0.25) is 0 Å². The molecular formula is C34H36N6O2. The monoisotopic (exact) mass is 560 g/mol. The van der Waals surface area contributed by atoms with Gasteiger partial charge in [-0.3, -0.25) is 9.98 Å². The zero-order chi connectivity index (χ0) is 29.0. The molecule has 2 heterocycles. The van der Waals surface area contributed by atoms with Crippen molar-refractivity contribution in [3.05, 3.63) is 144 Å². The van der Waals surface area contributed by atoms with Crippen LogP contribution in [0.15, 0.2) is 120 Å². The van der Waals surface area contributed by atoms with Crippen LogP contribution < -0.4 is 0 Å². The molecule has 0 bridgehead atoms. The molecule has 0 fully saturated rings. The third-order valence-electron chi connectivity index (χ3n) is 6.94. The third-order valence-corrected chi connectivity index (χ3v) is 6.94. The Labute approximate surface area is 247 Å². The Hall–Kier alpha value is -4.66. The van der Waals surface area contributed by atoms with E-state index in [-0.39, 0.29) is 12.1 Å². The van der Waals surface area contributed by atoms with Crippen molar-refractivity contribution in [3.63, 3.8) is 0 Å². The predicted molar refractivity (Wildman–Crippen MR) is 166 cm³/mol. The average Bonchev–Trinajstić information content (AvgIpc) is 3.64. The average molecular weight is 561 g/mol. The number of ether oxygens (including phenoxy) is 2. The number of hydrogen-bond acceptors (Lipinski definition) is 6. The maximum absolute atomic E-state index is 6.11. The lowest BCUT2D eigenvalue weighted by atomic mass is 10.1. The van der Waals surface area contributed by atoms with Crippen LogP contribution in [0.25, 0.3) is 0 Å². The van der Waals surface area contributed by atoms with Crippen molar-refractivity contribution in [2.75, 3.05) is 13.2 Å². The van der Waals surface area contributed by atoms with Crippen LogP contribution in [0.5, 0.6) is 0 Å². The lowest BCUT2D eigenvalue weighted by Gasteiger charge is -2.15. The summed E-state index contributed by atoms with van der Waals surface area (Å²) < 4.78 is 16.1. The number of aliphatic imine (C=N–C) groups is 2. The van der Waals surface area contributed by atoms with Crippen molar-refractivity contribution in [1.82, 2.24) is 19.1 Å². The van der Waals surface area contributed by atoms with Crippen LogP contribution in [0.3, 0.4) is 0 Å². The minimum atomic E-state index is -0.117. The minimum Gasteiger partial charge on any atom is -0.374 e. The summed E-state index contributed by atoms with van der Waals surface area (Å²) in [7, 11) is 3.91. The first kappa shape index (κ1) is 28.9. The lowest BCUT2D eigenvalue weighted by Crippen LogP contribution is -2.08. The molecular weight excluding hydrogens is 524 g/mol. The van der Waals surface area contributed by atoms with Crippen molar-refractivity contribution in [3.8, 4) is 0 Å². The zero-order valence-electron chi connectivity index (χ0n) is 24.0. The molecule has 0 aliphatic rings. The molecule has 0 unspecified atom stereocenters. The highest BCUT2D eigenvalue weighted by Gasteiger charge is 2.12. The SMILES string of the molecule is Cn1ccnc1/C=N/[C@@H](COCc1ccc(COC[C@H](/N=C/c2nccn2C)c2ccccc2)cc1)c1ccccc1. The van der Waals surface area contributed by atoms with E-state index in [0.29, 0.717) is 26.4 Å². The minimum absolute atomic E-state index is 0.117. The van der Waals surface area contributed by atoms with Crippen molar-refractivity contribution in [1.29, 1.82) is 0 Å². The molecule has 42 heavy (non-hydrogen) atoms. The Morgan fingerprint density at radius 2 is 1.02 bits per heavy atom. The van der Waals surface area contributed by atoms with Gasteiger partial charge in [0.05, 0.1) is 50.9 Å². The molecule has 5 rings (SSSR count). The number of imidazole rings is 2. The van der Waals surface area contributed by atoms with Crippen molar-refractivity contribution in [2.45, 2.75) is 25.3 Å². The number of benzene rings is 3. The standard InChI is InChI=1S/C34H36N6O2/c1-39-19-17-35-33(39)21-37-31(29-9-5-3-6-10-29)25-41-23-27-13-15-28(16-14-27)24-42-26-32(30-11-7-4-8-12-30)38-22-34-36-18-20-40(34)2/h3-22,31-32H,23-26H2,1-2H3/b37-21+,38-22+/t31-,32-/m0/s1. The molecule has 0 aliphatic heterocycles. The molecule has 0 radical (unpaired) electrons. The Balaban J connectivity index is 1.13. The van der Waals surface area contributed by atoms with E-state index in [9.17, 15) is 0 Å². The van der Waals surface area contributed by atoms with Gasteiger partial charge < -0.3 is 18.6 Å². The second-order valence-electron chi connectivity index (χ2n) is 10.0. The van der Waals surface area contributed by atoms with E-state index in [4.69, 9.17) is 19.5 Å². The fraction of sp³-hybridized carbons (Fsp3) is 0.235. The molecule has 2 aromatic heterocycles. The van der Waals surface area contributed by atoms with E-state index in [2.05, 4.69) is 58.5 Å². The summed E-state index contributed by atoms with van der Waals surface area (Å²) in [5.74, 6) is 1.62. The van der Waals surface area contributed by atoms with Gasteiger partial charge in [0, 0.05) is 38.9 Å². The summed E-state index contributed by atoms with van der Waals surface area (Å²) in [5.41, 5.74) is 4.41. The number of aryl methyl sites for hydroxylation is 2. The topological polar surface area (TPSA) is 78.8 Å². The van der Waals surface area contributed by atoms with Crippen LogP contribution in [-0.4, -0.2) is 44.7 Å². The van der Waals surface area contributed by atoms with Gasteiger partial charge >= 0.3 is 0 Å². The fourth-order valence-corrected chi connectivity index (χ4v) is 4.43. The predicted octanol–water partition coefficient (Wildman–Crippen LogP) is 5.91. The Kier molecular flexibility index (Phi) is 10.2. The molecule has 8 heteroatoms. The van der Waals surface area contributed by atoms with E-state index in [0.717, 1.165) is 33.9 Å². The second kappa shape index (κ2) is 14.8. The van der Waals surface area contributed by atoms with E-state index < -0.39 is 0 Å². The molecule has 0 amide bonds. The van der Waals surface area contributed by atoms with Crippen LogP contribution in [0.4, 0.5) is 0 Å². The smallest absolute Gasteiger partial charge is 0.150 e. The highest BCUT2D eigenvalue weighted by molar-refractivity contribution is 5.75. The molecule has 3 aromatic carbocycles. The molecule has 0 aliphatic carbocycles. The zero-order valence-corrected chi connectivity index (χ0v) is 24.0. The van der Waals surface area contributed by atoms with Crippen LogP contribution in [-0.2, 0) is 36.8 Å². The van der Waals surface area contributed by atoms with Crippen LogP contribution >= 0.6 is 0 Å². The summed E-state index contributed by atoms with van der Waals surface area (Å²) in [5, 5.41) is 0. The number of aromatic nitrogens is 4. The van der Waals surface area contributed by atoms with E-state index >= 15 is 0 Å². The molecule has 2 atom stereocenters. The summed E-state index contributed by atoms with van der Waals surface area (Å²) in [6.07, 6.45) is 11.0. The number of nitrogens with zero attached hydrogens (tertiary/aromatic N) is 6. The van der Waals surface area contributed by atoms with E-state index in [1.807, 2.05) is 84.5 Å². The summed E-state index contributed by atoms with van der Waals surface area (Å²) in [6, 6.07) is 28.5. The fourth-order valence-electron chi connectivity index (χ4n) is 4.43. The van der Waals surface area contributed by atoms with Crippen molar-refractivity contribution in [2.24, 2.45) is 24.1 Å². The van der Waals surface area contributed by atoms with E-state index in [1.54, 1.807) is 12.4 Å². The van der Waals surface area contributed by atoms with Gasteiger partial charge in [-0.25, -0.2) is 9.97 Å². The van der Waals surface area contributed by atoms with E-state index in [1.165, 1.54) is 0 Å². The summed E-state index contributed by atoms with van der Waals surface area (Å²) in [6.45, 7) is 1.94. The second-order valence-corrected chi connectivity index (χ2v) is 10.0. The molecule has 0 saturated carbocycles. The van der Waals surface area contributed by atoms with Gasteiger partial charge in [0.1, 0.15) is 11.6 Å². The van der Waals surface area contributed by atoms with Crippen LogP contribution in [0, 0.1) is 0 Å². The van der Waals surface area contributed by atoms with Gasteiger partial charge in [0.15, 0.2) is 0 Å². The first-order valence-electron chi connectivity index (χ1n) is 14.0. The highest BCUT2D eigenvalue weighted by Crippen LogP contribution is 2.20. The number of hydrogen-bond donors (Lipinski definition) is 0. The molecule has 8 nitrogen and oxygen atoms in total. The molecule has 5 aromatic rings.